The van der Waals surface area contributed by atoms with Crippen molar-refractivity contribution in [2.45, 2.75) is 20.4 Å². The van der Waals surface area contributed by atoms with Crippen molar-refractivity contribution in [1.29, 1.82) is 0 Å². The first-order valence-corrected chi connectivity index (χ1v) is 8.27. The fraction of sp³-hybridized carbons (Fsp3) is 0.300. The zero-order valence-corrected chi connectivity index (χ0v) is 15.5. The second-order valence-electron chi connectivity index (χ2n) is 5.87. The molecule has 6 nitrogen and oxygen atoms in total. The van der Waals surface area contributed by atoms with Crippen LogP contribution in [0.1, 0.15) is 18.1 Å². The summed E-state index contributed by atoms with van der Waals surface area (Å²) >= 11 is 0. The molecule has 0 aliphatic heterocycles. The summed E-state index contributed by atoms with van der Waals surface area (Å²) in [4.78, 5) is 25.9. The van der Waals surface area contributed by atoms with Gasteiger partial charge in [0.15, 0.2) is 0 Å². The lowest BCUT2D eigenvalue weighted by Crippen LogP contribution is -2.39. The van der Waals surface area contributed by atoms with Crippen LogP contribution in [0.3, 0.4) is 0 Å². The molecule has 0 spiro atoms. The quantitative estimate of drug-likeness (QED) is 0.828. The highest BCUT2D eigenvalue weighted by molar-refractivity contribution is 5.98. The molecule has 26 heavy (non-hydrogen) atoms. The molecular weight excluding hydrogens is 332 g/mol. The predicted molar refractivity (Wildman–Crippen MR) is 101 cm³/mol. The van der Waals surface area contributed by atoms with Gasteiger partial charge >= 0.3 is 0 Å². The summed E-state index contributed by atoms with van der Waals surface area (Å²) in [6.07, 6.45) is 0. The molecule has 2 amide bonds. The summed E-state index contributed by atoms with van der Waals surface area (Å²) in [5.41, 5.74) is 2.42. The van der Waals surface area contributed by atoms with Gasteiger partial charge in [0.25, 0.3) is 0 Å². The molecule has 0 aromatic heterocycles. The predicted octanol–water partition coefficient (Wildman–Crippen LogP) is 2.68. The van der Waals surface area contributed by atoms with Crippen LogP contribution in [0.4, 0.5) is 5.69 Å². The molecule has 0 radical (unpaired) electrons. The van der Waals surface area contributed by atoms with E-state index in [0.717, 1.165) is 11.1 Å². The number of amides is 2. The highest BCUT2D eigenvalue weighted by atomic mass is 16.5. The molecule has 0 heterocycles. The van der Waals surface area contributed by atoms with Crippen molar-refractivity contribution < 1.29 is 19.1 Å². The lowest BCUT2D eigenvalue weighted by Gasteiger charge is -2.23. The van der Waals surface area contributed by atoms with Gasteiger partial charge < -0.3 is 14.8 Å². The van der Waals surface area contributed by atoms with E-state index in [-0.39, 0.29) is 18.4 Å². The van der Waals surface area contributed by atoms with Crippen molar-refractivity contribution in [1.82, 2.24) is 5.32 Å². The van der Waals surface area contributed by atoms with Crippen LogP contribution in [0, 0.1) is 6.92 Å². The van der Waals surface area contributed by atoms with Gasteiger partial charge in [-0.2, -0.15) is 0 Å². The lowest BCUT2D eigenvalue weighted by molar-refractivity contribution is -0.123. The van der Waals surface area contributed by atoms with E-state index in [1.807, 2.05) is 43.3 Å². The number of hydrogen-bond donors (Lipinski definition) is 1. The first-order chi connectivity index (χ1) is 12.5. The Hall–Kier alpha value is -3.02. The molecule has 2 aromatic rings. The van der Waals surface area contributed by atoms with Crippen LogP contribution in [-0.4, -0.2) is 32.6 Å². The molecule has 0 aliphatic rings. The van der Waals surface area contributed by atoms with Crippen molar-refractivity contribution >= 4 is 17.5 Å². The van der Waals surface area contributed by atoms with E-state index in [1.165, 1.54) is 18.9 Å². The number of rotatable bonds is 7. The van der Waals surface area contributed by atoms with Gasteiger partial charge in [-0.25, -0.2) is 0 Å². The van der Waals surface area contributed by atoms with Gasteiger partial charge in [0.05, 0.1) is 19.9 Å². The van der Waals surface area contributed by atoms with E-state index >= 15 is 0 Å². The Morgan fingerprint density at radius 1 is 1.04 bits per heavy atom. The Morgan fingerprint density at radius 3 is 2.38 bits per heavy atom. The van der Waals surface area contributed by atoms with Crippen LogP contribution < -0.4 is 19.7 Å². The number of para-hydroxylation sites is 1. The summed E-state index contributed by atoms with van der Waals surface area (Å²) in [5, 5.41) is 2.83. The van der Waals surface area contributed by atoms with E-state index < -0.39 is 0 Å². The number of nitrogens with zero attached hydrogens (tertiary/aromatic N) is 1. The smallest absolute Gasteiger partial charge is 0.240 e. The zero-order valence-electron chi connectivity index (χ0n) is 15.5. The second kappa shape index (κ2) is 8.89. The number of anilines is 1. The molecule has 2 rings (SSSR count). The lowest BCUT2D eigenvalue weighted by atomic mass is 10.2. The summed E-state index contributed by atoms with van der Waals surface area (Å²) in [6, 6.07) is 13.0. The third-order valence-corrected chi connectivity index (χ3v) is 3.98. The summed E-state index contributed by atoms with van der Waals surface area (Å²) in [5.74, 6) is 0.746. The SMILES string of the molecule is COc1ccccc1CNC(=O)CN(C(C)=O)c1cc(C)ccc1OC. The van der Waals surface area contributed by atoms with E-state index in [0.29, 0.717) is 23.7 Å². The molecule has 0 saturated carbocycles. The monoisotopic (exact) mass is 356 g/mol. The number of methoxy groups -OCH3 is 2. The first kappa shape index (κ1) is 19.3. The molecule has 6 heteroatoms. The topological polar surface area (TPSA) is 67.9 Å². The average Bonchev–Trinajstić information content (AvgIpc) is 2.64. The molecule has 0 fully saturated rings. The molecule has 0 atom stereocenters. The van der Waals surface area contributed by atoms with Gasteiger partial charge in [-0.05, 0) is 30.7 Å². The van der Waals surface area contributed by atoms with E-state index in [2.05, 4.69) is 5.32 Å². The van der Waals surface area contributed by atoms with Crippen LogP contribution in [0.5, 0.6) is 11.5 Å². The molecule has 2 aromatic carbocycles. The maximum absolute atomic E-state index is 12.4. The molecule has 138 valence electrons. The third kappa shape index (κ3) is 4.75. The molecular formula is C20H24N2O4. The van der Waals surface area contributed by atoms with Crippen molar-refractivity contribution in [2.75, 3.05) is 25.7 Å². The maximum atomic E-state index is 12.4. The minimum absolute atomic E-state index is 0.0930. The third-order valence-electron chi connectivity index (χ3n) is 3.98. The van der Waals surface area contributed by atoms with Crippen LogP contribution in [0.15, 0.2) is 42.5 Å². The van der Waals surface area contributed by atoms with Gasteiger partial charge in [0.1, 0.15) is 18.0 Å². The Labute approximate surface area is 153 Å². The van der Waals surface area contributed by atoms with E-state index in [9.17, 15) is 9.59 Å². The highest BCUT2D eigenvalue weighted by Crippen LogP contribution is 2.29. The van der Waals surface area contributed by atoms with Crippen molar-refractivity contribution in [3.63, 3.8) is 0 Å². The summed E-state index contributed by atoms with van der Waals surface area (Å²) < 4.78 is 10.6. The molecule has 0 aliphatic carbocycles. The maximum Gasteiger partial charge on any atom is 0.240 e. The Bertz CT molecular complexity index is 789. The molecule has 0 saturated heterocycles. The molecule has 1 N–H and O–H groups in total. The van der Waals surface area contributed by atoms with Gasteiger partial charge in [-0.15, -0.1) is 0 Å². The van der Waals surface area contributed by atoms with Crippen molar-refractivity contribution in [3.8, 4) is 11.5 Å². The second-order valence-corrected chi connectivity index (χ2v) is 5.87. The van der Waals surface area contributed by atoms with Crippen molar-refractivity contribution in [2.24, 2.45) is 0 Å². The Morgan fingerprint density at radius 2 is 1.73 bits per heavy atom. The number of nitrogens with one attached hydrogen (secondary N) is 1. The zero-order chi connectivity index (χ0) is 19.1. The Kier molecular flexibility index (Phi) is 6.60. The fourth-order valence-electron chi connectivity index (χ4n) is 2.62. The molecule has 0 bridgehead atoms. The largest absolute Gasteiger partial charge is 0.496 e. The number of carbonyl (C=O) groups is 2. The van der Waals surface area contributed by atoms with Crippen LogP contribution in [0.2, 0.25) is 0 Å². The number of carbonyl (C=O) groups excluding carboxylic acids is 2. The first-order valence-electron chi connectivity index (χ1n) is 8.27. The summed E-state index contributed by atoms with van der Waals surface area (Å²) in [6.45, 7) is 3.57. The van der Waals surface area contributed by atoms with Gasteiger partial charge in [-0.1, -0.05) is 24.3 Å². The number of hydrogen-bond acceptors (Lipinski definition) is 4. The van der Waals surface area contributed by atoms with Crippen LogP contribution in [-0.2, 0) is 16.1 Å². The number of benzene rings is 2. The van der Waals surface area contributed by atoms with E-state index in [1.54, 1.807) is 13.2 Å². The summed E-state index contributed by atoms with van der Waals surface area (Å²) in [7, 11) is 3.12. The highest BCUT2D eigenvalue weighted by Gasteiger charge is 2.19. The fourth-order valence-corrected chi connectivity index (χ4v) is 2.62. The normalized spacial score (nSPS) is 10.2. The van der Waals surface area contributed by atoms with Gasteiger partial charge in [0.2, 0.25) is 11.8 Å². The van der Waals surface area contributed by atoms with Crippen molar-refractivity contribution in [3.05, 3.63) is 53.6 Å². The number of aryl methyl sites for hydroxylation is 1. The Balaban J connectivity index is 2.12. The van der Waals surface area contributed by atoms with Crippen LogP contribution in [0.25, 0.3) is 0 Å². The van der Waals surface area contributed by atoms with Gasteiger partial charge in [0, 0.05) is 19.0 Å². The minimum atomic E-state index is -0.269. The standard InChI is InChI=1S/C20H24N2O4/c1-14-9-10-19(26-4)17(11-14)22(15(2)23)13-20(24)21-12-16-7-5-6-8-18(16)25-3/h5-11H,12-13H2,1-4H3,(H,21,24). The van der Waals surface area contributed by atoms with Crippen LogP contribution >= 0.6 is 0 Å². The number of ether oxygens (including phenoxy) is 2. The molecule has 0 unspecified atom stereocenters. The minimum Gasteiger partial charge on any atom is -0.496 e. The van der Waals surface area contributed by atoms with Gasteiger partial charge in [-0.3, -0.25) is 14.5 Å². The van der Waals surface area contributed by atoms with E-state index in [4.69, 9.17) is 9.47 Å². The average molecular weight is 356 g/mol.